The van der Waals surface area contributed by atoms with Gasteiger partial charge in [0.1, 0.15) is 41.5 Å². The van der Waals surface area contributed by atoms with E-state index in [1.165, 1.54) is 31.3 Å². The van der Waals surface area contributed by atoms with E-state index in [4.69, 9.17) is 17.2 Å². The average molecular weight is 973 g/mol. The molecule has 382 valence electrons. The van der Waals surface area contributed by atoms with Crippen molar-refractivity contribution in [2.24, 2.45) is 29.0 Å². The summed E-state index contributed by atoms with van der Waals surface area (Å²) in [7, 11) is 1.19. The van der Waals surface area contributed by atoms with Crippen molar-refractivity contribution in [3.8, 4) is 5.75 Å². The lowest BCUT2D eigenvalue weighted by Crippen LogP contribution is -2.65. The van der Waals surface area contributed by atoms with Crippen molar-refractivity contribution in [1.82, 2.24) is 47.4 Å². The number of nitrogens with one attached hydrogen (secondary N) is 8. The number of phenolic OH excluding ortho intramolecular Hbond substituents is 1. The SMILES string of the molecule is CCC(C)C1NC[C@](C=O)(Cc2ccc(O)cc2)NC(=O)CNC(=O)CC[C@@H](C(=O)N(C)CC(=O)N[C@H](C(=O)NCC(N)=O)[C@@H](C)CC)NC(=O)[C@H](CC(N)=O)NC[C@](C=O)(CCC(N)=O)NC1=O. The van der Waals surface area contributed by atoms with Crippen LogP contribution in [0.25, 0.3) is 0 Å². The lowest BCUT2D eigenvalue weighted by atomic mass is 9.89. The number of rotatable bonds is 20. The Morgan fingerprint density at radius 1 is 0.855 bits per heavy atom. The number of benzene rings is 1. The van der Waals surface area contributed by atoms with Crippen LogP contribution in [0.4, 0.5) is 0 Å². The second-order valence-electron chi connectivity index (χ2n) is 17.4. The van der Waals surface area contributed by atoms with Crippen molar-refractivity contribution in [1.29, 1.82) is 0 Å². The van der Waals surface area contributed by atoms with Gasteiger partial charge in [0, 0.05) is 39.4 Å². The van der Waals surface area contributed by atoms with Crippen molar-refractivity contribution in [3.05, 3.63) is 29.8 Å². The Hall–Kier alpha value is -7.02. The van der Waals surface area contributed by atoms with E-state index >= 15 is 0 Å². The van der Waals surface area contributed by atoms with Crippen molar-refractivity contribution < 1.29 is 62.6 Å². The predicted molar refractivity (Wildman–Crippen MR) is 246 cm³/mol. The molecule has 25 heteroatoms. The Bertz CT molecular complexity index is 2040. The molecule has 0 aromatic heterocycles. The molecule has 10 amide bonds. The summed E-state index contributed by atoms with van der Waals surface area (Å²) in [6.45, 7) is 4.00. The molecule has 1 saturated heterocycles. The normalized spacial score (nSPS) is 23.4. The smallest absolute Gasteiger partial charge is 0.245 e. The first-order valence-electron chi connectivity index (χ1n) is 22.5. The Morgan fingerprint density at radius 3 is 2.06 bits per heavy atom. The topological polar surface area (TPSA) is 403 Å². The quantitative estimate of drug-likeness (QED) is 0.0545. The highest BCUT2D eigenvalue weighted by atomic mass is 16.3. The van der Waals surface area contributed by atoms with Gasteiger partial charge in [0.25, 0.3) is 0 Å². The van der Waals surface area contributed by atoms with Gasteiger partial charge in [-0.2, -0.15) is 0 Å². The third kappa shape index (κ3) is 19.2. The van der Waals surface area contributed by atoms with Crippen molar-refractivity contribution in [3.63, 3.8) is 0 Å². The molecule has 0 aliphatic carbocycles. The van der Waals surface area contributed by atoms with Crippen LogP contribution >= 0.6 is 0 Å². The fourth-order valence-electron chi connectivity index (χ4n) is 7.24. The molecule has 69 heavy (non-hydrogen) atoms. The summed E-state index contributed by atoms with van der Waals surface area (Å²) in [5.41, 5.74) is 12.8. The van der Waals surface area contributed by atoms with Crippen LogP contribution in [-0.4, -0.2) is 157 Å². The number of carbonyl (C=O) groups is 12. The molecule has 0 radical (unpaired) electrons. The molecule has 1 aromatic rings. The molecule has 1 aliphatic heterocycles. The van der Waals surface area contributed by atoms with Gasteiger partial charge in [-0.1, -0.05) is 52.7 Å². The van der Waals surface area contributed by atoms with E-state index in [1.54, 1.807) is 27.7 Å². The van der Waals surface area contributed by atoms with Gasteiger partial charge >= 0.3 is 0 Å². The average Bonchev–Trinajstić information content (AvgIpc) is 3.30. The maximum absolute atomic E-state index is 14.3. The number of primary amides is 3. The summed E-state index contributed by atoms with van der Waals surface area (Å²) < 4.78 is 0. The minimum absolute atomic E-state index is 0.0737. The Morgan fingerprint density at radius 2 is 1.49 bits per heavy atom. The van der Waals surface area contributed by atoms with Gasteiger partial charge in [0.2, 0.25) is 59.1 Å². The number of hydrogen-bond acceptors (Lipinski definition) is 15. The van der Waals surface area contributed by atoms with E-state index < -0.39 is 164 Å². The summed E-state index contributed by atoms with van der Waals surface area (Å²) in [6, 6.07) is 0.183. The molecule has 25 nitrogen and oxygen atoms in total. The minimum atomic E-state index is -2.00. The van der Waals surface area contributed by atoms with Crippen LogP contribution in [0, 0.1) is 11.8 Å². The molecule has 0 saturated carbocycles. The number of nitrogens with zero attached hydrogens (tertiary/aromatic N) is 1. The molecule has 1 aliphatic rings. The van der Waals surface area contributed by atoms with Crippen molar-refractivity contribution >= 4 is 71.6 Å². The predicted octanol–water partition coefficient (Wildman–Crippen LogP) is -4.87. The molecule has 1 aromatic carbocycles. The van der Waals surface area contributed by atoms with Gasteiger partial charge in [-0.05, 0) is 42.4 Å². The van der Waals surface area contributed by atoms with E-state index in [2.05, 4.69) is 42.5 Å². The molecule has 2 rings (SSSR count). The number of aldehydes is 2. The largest absolute Gasteiger partial charge is 0.508 e. The standard InChI is InChI=1S/C44H68N12O13/c1-6-25(3)37-41(68)55-43(23-57,15-14-31(45)60)21-50-30(16-32(46)61)39(66)52-29(42(69)56(5)20-36(65)53-38(26(4)7-2)40(67)49-18-33(47)62)12-13-34(63)48-19-35(64)54-44(24-58,22-51-37)17-27-8-10-28(59)11-9-27/h8-11,23-26,29-30,37-38,50-51,59H,6-7,12-22H2,1-5H3,(H2,45,60)(H2,46,61)(H2,47,62)(H,48,63)(H,49,67)(H,52,66)(H,53,65)(H,54,64)(H,55,68)/t25?,26-,29-,30-,37?,38-,43-,44-/m0/s1. The van der Waals surface area contributed by atoms with Gasteiger partial charge in [-0.15, -0.1) is 0 Å². The molecule has 1 heterocycles. The van der Waals surface area contributed by atoms with E-state index in [0.717, 1.165) is 4.90 Å². The maximum atomic E-state index is 14.3. The van der Waals surface area contributed by atoms with Crippen LogP contribution in [0.1, 0.15) is 78.2 Å². The van der Waals surface area contributed by atoms with Gasteiger partial charge in [-0.3, -0.25) is 47.9 Å². The summed E-state index contributed by atoms with van der Waals surface area (Å²) in [5.74, 6) is -9.73. The fourth-order valence-corrected chi connectivity index (χ4v) is 7.24. The number of nitrogens with two attached hydrogens (primary N) is 3. The Labute approximate surface area is 399 Å². The van der Waals surface area contributed by atoms with Crippen LogP contribution in [0.2, 0.25) is 0 Å². The maximum Gasteiger partial charge on any atom is 0.245 e. The third-order valence-corrected chi connectivity index (χ3v) is 11.7. The van der Waals surface area contributed by atoms with Gasteiger partial charge in [0.05, 0.1) is 38.1 Å². The molecule has 2 unspecified atom stereocenters. The zero-order valence-electron chi connectivity index (χ0n) is 39.6. The second-order valence-corrected chi connectivity index (χ2v) is 17.4. The number of carbonyl (C=O) groups excluding carboxylic acids is 12. The summed E-state index contributed by atoms with van der Waals surface area (Å²) in [4.78, 5) is 158. The number of phenols is 1. The number of hydrogen-bond donors (Lipinski definition) is 12. The van der Waals surface area contributed by atoms with Gasteiger partial charge in [-0.25, -0.2) is 0 Å². The Balaban J connectivity index is 2.67. The first-order chi connectivity index (χ1) is 32.4. The van der Waals surface area contributed by atoms with Crippen LogP contribution < -0.4 is 59.7 Å². The molecular formula is C44H68N12O13. The van der Waals surface area contributed by atoms with Gasteiger partial charge < -0.3 is 79.3 Å². The number of aromatic hydroxyl groups is 1. The summed E-state index contributed by atoms with van der Waals surface area (Å²) >= 11 is 0. The molecule has 15 N–H and O–H groups in total. The van der Waals surface area contributed by atoms with Crippen LogP contribution in [0.5, 0.6) is 5.75 Å². The lowest BCUT2D eigenvalue weighted by Gasteiger charge is -2.36. The van der Waals surface area contributed by atoms with Crippen LogP contribution in [-0.2, 0) is 64.0 Å². The van der Waals surface area contributed by atoms with Crippen LogP contribution in [0.3, 0.4) is 0 Å². The zero-order valence-corrected chi connectivity index (χ0v) is 39.6. The lowest BCUT2D eigenvalue weighted by molar-refractivity contribution is -0.140. The van der Waals surface area contributed by atoms with Gasteiger partial charge in [0.15, 0.2) is 0 Å². The minimum Gasteiger partial charge on any atom is -0.508 e. The number of likely N-dealkylation sites (N-methyl/N-ethyl adjacent to an activating group) is 1. The van der Waals surface area contributed by atoms with E-state index in [-0.39, 0.29) is 18.7 Å². The monoisotopic (exact) mass is 973 g/mol. The van der Waals surface area contributed by atoms with E-state index in [1.807, 2.05) is 0 Å². The fraction of sp³-hybridized carbons (Fsp3) is 0.591. The number of amides is 10. The molecule has 0 spiro atoms. The summed E-state index contributed by atoms with van der Waals surface area (Å²) in [5, 5.41) is 30.7. The highest BCUT2D eigenvalue weighted by molar-refractivity contribution is 5.96. The van der Waals surface area contributed by atoms with Crippen molar-refractivity contribution in [2.45, 2.75) is 114 Å². The van der Waals surface area contributed by atoms with Crippen LogP contribution in [0.15, 0.2) is 24.3 Å². The van der Waals surface area contributed by atoms with E-state index in [0.29, 0.717) is 31.0 Å². The highest BCUT2D eigenvalue weighted by Gasteiger charge is 2.40. The highest BCUT2D eigenvalue weighted by Crippen LogP contribution is 2.19. The molecule has 0 bridgehead atoms. The molecule has 1 fully saturated rings. The molecule has 8 atom stereocenters. The second kappa shape index (κ2) is 27.7. The van der Waals surface area contributed by atoms with E-state index in [9.17, 15) is 62.6 Å². The third-order valence-electron chi connectivity index (χ3n) is 11.7. The first kappa shape index (κ1) is 58.1. The zero-order chi connectivity index (χ0) is 52.1. The Kier molecular flexibility index (Phi) is 23.3. The summed E-state index contributed by atoms with van der Waals surface area (Å²) in [6.07, 6.45) is -1.19. The first-order valence-corrected chi connectivity index (χ1v) is 22.5. The van der Waals surface area contributed by atoms with Crippen molar-refractivity contribution in [2.75, 3.05) is 39.8 Å². The molecular weight excluding hydrogens is 905 g/mol.